The lowest BCUT2D eigenvalue weighted by Crippen LogP contribution is -2.49. The molecule has 0 aliphatic carbocycles. The standard InChI is InChI=1S/C29H46N2O4Si2/c1-28(2,3)36(8,9)33-20-24(35-37(10,11)29(4,5)6)19-32-23-16-17-26-25(18-23)31-27(34-26)21-12-14-22(30-7)15-13-21/h12-18,24,30H,19-20H2,1-11H3/t24-/m0/s1. The molecule has 1 N–H and O–H groups in total. The van der Waals surface area contributed by atoms with Gasteiger partial charge in [-0.3, -0.25) is 0 Å². The summed E-state index contributed by atoms with van der Waals surface area (Å²) in [5.41, 5.74) is 3.48. The van der Waals surface area contributed by atoms with Gasteiger partial charge in [0.15, 0.2) is 22.2 Å². The van der Waals surface area contributed by atoms with Crippen molar-refractivity contribution in [2.45, 2.75) is 83.9 Å². The predicted octanol–water partition coefficient (Wildman–Crippen LogP) is 8.33. The van der Waals surface area contributed by atoms with Crippen LogP contribution in [0.3, 0.4) is 0 Å². The molecule has 2 aromatic carbocycles. The maximum Gasteiger partial charge on any atom is 0.227 e. The van der Waals surface area contributed by atoms with Gasteiger partial charge in [0.25, 0.3) is 0 Å². The van der Waals surface area contributed by atoms with Crippen LogP contribution in [0.15, 0.2) is 46.9 Å². The minimum Gasteiger partial charge on any atom is -0.491 e. The van der Waals surface area contributed by atoms with Crippen molar-refractivity contribution in [1.29, 1.82) is 0 Å². The van der Waals surface area contributed by atoms with Gasteiger partial charge in [0, 0.05) is 24.4 Å². The first kappa shape index (κ1) is 29.4. The first-order valence-corrected chi connectivity index (χ1v) is 19.0. The van der Waals surface area contributed by atoms with E-state index in [4.69, 9.17) is 23.0 Å². The molecule has 0 fully saturated rings. The number of rotatable bonds is 10. The van der Waals surface area contributed by atoms with Crippen LogP contribution in [0.5, 0.6) is 5.75 Å². The maximum absolute atomic E-state index is 6.77. The molecule has 204 valence electrons. The van der Waals surface area contributed by atoms with Crippen molar-refractivity contribution >= 4 is 33.4 Å². The molecular formula is C29H46N2O4Si2. The second-order valence-electron chi connectivity index (χ2n) is 12.9. The molecule has 0 bridgehead atoms. The molecule has 37 heavy (non-hydrogen) atoms. The SMILES string of the molecule is CNc1ccc(-c2nc3cc(OC[C@@H](CO[Si](C)(C)C(C)(C)C)O[Si](C)(C)C(C)(C)C)ccc3o2)cc1. The van der Waals surface area contributed by atoms with E-state index < -0.39 is 16.6 Å². The molecule has 8 heteroatoms. The Hall–Kier alpha value is -2.14. The van der Waals surface area contributed by atoms with Crippen LogP contribution in [0.25, 0.3) is 22.6 Å². The van der Waals surface area contributed by atoms with Gasteiger partial charge < -0.3 is 23.3 Å². The number of hydrogen-bond donors (Lipinski definition) is 1. The first-order valence-electron chi connectivity index (χ1n) is 13.2. The number of ether oxygens (including phenoxy) is 1. The third-order valence-electron chi connectivity index (χ3n) is 7.92. The van der Waals surface area contributed by atoms with Crippen molar-refractivity contribution in [2.75, 3.05) is 25.6 Å². The number of hydrogen-bond acceptors (Lipinski definition) is 6. The molecular weight excluding hydrogens is 497 g/mol. The van der Waals surface area contributed by atoms with Crippen LogP contribution in [0, 0.1) is 0 Å². The monoisotopic (exact) mass is 542 g/mol. The molecule has 3 aromatic rings. The highest BCUT2D eigenvalue weighted by Gasteiger charge is 2.41. The highest BCUT2D eigenvalue weighted by Crippen LogP contribution is 2.39. The Morgan fingerprint density at radius 3 is 2.05 bits per heavy atom. The van der Waals surface area contributed by atoms with Crippen molar-refractivity contribution in [2.24, 2.45) is 0 Å². The molecule has 6 nitrogen and oxygen atoms in total. The molecule has 0 aliphatic rings. The molecule has 0 spiro atoms. The van der Waals surface area contributed by atoms with E-state index in [9.17, 15) is 0 Å². The molecule has 3 rings (SSSR count). The second-order valence-corrected chi connectivity index (χ2v) is 22.4. The van der Waals surface area contributed by atoms with Gasteiger partial charge >= 0.3 is 0 Å². The maximum atomic E-state index is 6.77. The average molecular weight is 543 g/mol. The third kappa shape index (κ3) is 7.25. The van der Waals surface area contributed by atoms with E-state index >= 15 is 0 Å². The van der Waals surface area contributed by atoms with Gasteiger partial charge in [0.1, 0.15) is 24.0 Å². The molecule has 0 amide bonds. The van der Waals surface area contributed by atoms with Crippen LogP contribution in [0.1, 0.15) is 41.5 Å². The fourth-order valence-corrected chi connectivity index (χ4v) is 5.68. The molecule has 1 atom stereocenters. The van der Waals surface area contributed by atoms with Gasteiger partial charge in [-0.25, -0.2) is 4.98 Å². The van der Waals surface area contributed by atoms with Crippen LogP contribution < -0.4 is 10.1 Å². The minimum absolute atomic E-state index is 0.101. The van der Waals surface area contributed by atoms with Crippen LogP contribution in [-0.2, 0) is 8.85 Å². The summed E-state index contributed by atoms with van der Waals surface area (Å²) < 4.78 is 25.6. The summed E-state index contributed by atoms with van der Waals surface area (Å²) in [6.07, 6.45) is -0.149. The van der Waals surface area contributed by atoms with Crippen molar-refractivity contribution in [3.05, 3.63) is 42.5 Å². The highest BCUT2D eigenvalue weighted by molar-refractivity contribution is 6.74. The van der Waals surface area contributed by atoms with Gasteiger partial charge in [0.2, 0.25) is 5.89 Å². The van der Waals surface area contributed by atoms with Gasteiger partial charge in [-0.15, -0.1) is 0 Å². The molecule has 1 aromatic heterocycles. The average Bonchev–Trinajstić information content (AvgIpc) is 3.22. The Bertz CT molecular complexity index is 1180. The summed E-state index contributed by atoms with van der Waals surface area (Å²) in [5, 5.41) is 3.37. The summed E-state index contributed by atoms with van der Waals surface area (Å²) >= 11 is 0. The zero-order valence-corrected chi connectivity index (χ0v) is 26.6. The first-order chi connectivity index (χ1) is 17.0. The zero-order valence-electron chi connectivity index (χ0n) is 24.6. The molecule has 0 radical (unpaired) electrons. The molecule has 1 heterocycles. The predicted molar refractivity (Wildman–Crippen MR) is 160 cm³/mol. The van der Waals surface area contributed by atoms with E-state index in [0.717, 1.165) is 28.1 Å². The quantitative estimate of drug-likeness (QED) is 0.260. The third-order valence-corrected chi connectivity index (χ3v) is 17.0. The Morgan fingerprint density at radius 1 is 0.865 bits per heavy atom. The van der Waals surface area contributed by atoms with Crippen LogP contribution in [0.4, 0.5) is 5.69 Å². The Balaban J connectivity index is 1.76. The topological polar surface area (TPSA) is 65.8 Å². The molecule has 0 saturated carbocycles. The number of oxazole rings is 1. The van der Waals surface area contributed by atoms with Crippen LogP contribution in [-0.4, -0.2) is 48.0 Å². The van der Waals surface area contributed by atoms with E-state index in [0.29, 0.717) is 19.1 Å². The Morgan fingerprint density at radius 2 is 1.49 bits per heavy atom. The summed E-state index contributed by atoms with van der Waals surface area (Å²) in [4.78, 5) is 4.70. The summed E-state index contributed by atoms with van der Waals surface area (Å²) in [6.45, 7) is 23.6. The fraction of sp³-hybridized carbons (Fsp3) is 0.552. The second kappa shape index (κ2) is 10.9. The summed E-state index contributed by atoms with van der Waals surface area (Å²) in [5.74, 6) is 1.34. The van der Waals surface area contributed by atoms with E-state index in [1.54, 1.807) is 0 Å². The van der Waals surface area contributed by atoms with E-state index in [1.165, 1.54) is 0 Å². The lowest BCUT2D eigenvalue weighted by atomic mass is 10.2. The van der Waals surface area contributed by atoms with Gasteiger partial charge in [-0.1, -0.05) is 41.5 Å². The lowest BCUT2D eigenvalue weighted by molar-refractivity contribution is 0.0653. The fourth-order valence-electron chi connectivity index (χ4n) is 3.32. The summed E-state index contributed by atoms with van der Waals surface area (Å²) in [7, 11) is -2.02. The smallest absolute Gasteiger partial charge is 0.227 e. The van der Waals surface area contributed by atoms with Crippen LogP contribution >= 0.6 is 0 Å². The van der Waals surface area contributed by atoms with Gasteiger partial charge in [0.05, 0.1) is 6.61 Å². The number of anilines is 1. The zero-order chi connectivity index (χ0) is 27.6. The Kier molecular flexibility index (Phi) is 8.69. The van der Waals surface area contributed by atoms with Crippen molar-refractivity contribution in [3.63, 3.8) is 0 Å². The van der Waals surface area contributed by atoms with Crippen LogP contribution in [0.2, 0.25) is 36.3 Å². The molecule has 0 aliphatic heterocycles. The number of nitrogens with one attached hydrogen (secondary N) is 1. The normalized spacial score (nSPS) is 14.1. The number of fused-ring (bicyclic) bond motifs is 1. The van der Waals surface area contributed by atoms with Crippen molar-refractivity contribution in [3.8, 4) is 17.2 Å². The largest absolute Gasteiger partial charge is 0.491 e. The lowest BCUT2D eigenvalue weighted by Gasteiger charge is -2.41. The van der Waals surface area contributed by atoms with Crippen molar-refractivity contribution < 1.29 is 18.0 Å². The van der Waals surface area contributed by atoms with E-state index in [2.05, 4.69) is 73.0 Å². The van der Waals surface area contributed by atoms with Gasteiger partial charge in [-0.05, 0) is 72.7 Å². The van der Waals surface area contributed by atoms with E-state index in [1.807, 2.05) is 49.5 Å². The number of benzene rings is 2. The Labute approximate surface area is 225 Å². The van der Waals surface area contributed by atoms with E-state index in [-0.39, 0.29) is 16.2 Å². The molecule has 0 saturated heterocycles. The molecule has 0 unspecified atom stereocenters. The number of aromatic nitrogens is 1. The highest BCUT2D eigenvalue weighted by atomic mass is 28.4. The van der Waals surface area contributed by atoms with Gasteiger partial charge in [-0.2, -0.15) is 0 Å². The summed E-state index contributed by atoms with van der Waals surface area (Å²) in [6, 6.07) is 13.8. The van der Waals surface area contributed by atoms with Crippen molar-refractivity contribution in [1.82, 2.24) is 4.98 Å². The minimum atomic E-state index is -2.01. The number of nitrogens with zero attached hydrogens (tertiary/aromatic N) is 1.